The molecule has 1 heterocycles. The molecule has 35 heavy (non-hydrogen) atoms. The predicted molar refractivity (Wildman–Crippen MR) is 144 cm³/mol. The highest BCUT2D eigenvalue weighted by molar-refractivity contribution is 7.80. The maximum atomic E-state index is 10.7. The van der Waals surface area contributed by atoms with E-state index < -0.39 is 0 Å². The lowest BCUT2D eigenvalue weighted by Crippen LogP contribution is -2.31. The number of benzene rings is 4. The fraction of sp³-hybridized carbons (Fsp3) is 0.143. The van der Waals surface area contributed by atoms with Crippen LogP contribution in [0.25, 0.3) is 10.8 Å². The lowest BCUT2D eigenvalue weighted by molar-refractivity contribution is 0.377. The Morgan fingerprint density at radius 2 is 1.66 bits per heavy atom. The van der Waals surface area contributed by atoms with Crippen molar-refractivity contribution in [3.8, 4) is 17.2 Å². The van der Waals surface area contributed by atoms with Crippen molar-refractivity contribution in [1.29, 1.82) is 0 Å². The van der Waals surface area contributed by atoms with E-state index in [0.717, 1.165) is 33.5 Å². The van der Waals surface area contributed by atoms with Crippen LogP contribution in [0.4, 0.5) is 5.69 Å². The SMILES string of the molecule is COc1ccc(NC(=S)N2N=C(c3ccc(OC)cc3O)CC2c2cccc3ccccc23)cc1. The molecule has 4 aromatic rings. The highest BCUT2D eigenvalue weighted by Crippen LogP contribution is 2.38. The van der Waals surface area contributed by atoms with Gasteiger partial charge in [0.2, 0.25) is 0 Å². The molecule has 176 valence electrons. The van der Waals surface area contributed by atoms with Crippen LogP contribution >= 0.6 is 12.2 Å². The van der Waals surface area contributed by atoms with Gasteiger partial charge >= 0.3 is 0 Å². The number of anilines is 1. The Hall–Kier alpha value is -4.10. The minimum atomic E-state index is -0.143. The van der Waals surface area contributed by atoms with Gasteiger partial charge < -0.3 is 19.9 Å². The number of hydrazone groups is 1. The maximum Gasteiger partial charge on any atom is 0.194 e. The number of thiocarbonyl (C=S) groups is 1. The third-order valence-electron chi connectivity index (χ3n) is 6.16. The van der Waals surface area contributed by atoms with Gasteiger partial charge in [-0.25, -0.2) is 5.01 Å². The largest absolute Gasteiger partial charge is 0.507 e. The van der Waals surface area contributed by atoms with E-state index in [1.165, 1.54) is 0 Å². The minimum Gasteiger partial charge on any atom is -0.507 e. The average Bonchev–Trinajstić information content (AvgIpc) is 3.34. The number of nitrogens with one attached hydrogen (secondary N) is 1. The Balaban J connectivity index is 1.53. The first-order valence-corrected chi connectivity index (χ1v) is 11.6. The van der Waals surface area contributed by atoms with Crippen molar-refractivity contribution < 1.29 is 14.6 Å². The summed E-state index contributed by atoms with van der Waals surface area (Å²) in [5.74, 6) is 1.48. The Morgan fingerprint density at radius 1 is 0.943 bits per heavy atom. The molecule has 0 saturated carbocycles. The summed E-state index contributed by atoms with van der Waals surface area (Å²) in [4.78, 5) is 0. The van der Waals surface area contributed by atoms with Crippen LogP contribution in [0.1, 0.15) is 23.6 Å². The molecular weight excluding hydrogens is 458 g/mol. The molecule has 2 N–H and O–H groups in total. The van der Waals surface area contributed by atoms with Crippen molar-refractivity contribution in [3.05, 3.63) is 96.1 Å². The zero-order valence-electron chi connectivity index (χ0n) is 19.4. The van der Waals surface area contributed by atoms with E-state index in [0.29, 0.717) is 22.8 Å². The van der Waals surface area contributed by atoms with E-state index in [9.17, 15) is 5.11 Å². The molecule has 1 unspecified atom stereocenters. The number of fused-ring (bicyclic) bond motifs is 1. The number of aromatic hydroxyl groups is 1. The van der Waals surface area contributed by atoms with Gasteiger partial charge in [0.25, 0.3) is 0 Å². The fourth-order valence-electron chi connectivity index (χ4n) is 4.38. The van der Waals surface area contributed by atoms with Gasteiger partial charge in [0.05, 0.1) is 26.0 Å². The van der Waals surface area contributed by atoms with Crippen molar-refractivity contribution in [2.24, 2.45) is 5.10 Å². The Labute approximate surface area is 209 Å². The smallest absolute Gasteiger partial charge is 0.194 e. The predicted octanol–water partition coefficient (Wildman–Crippen LogP) is 6.11. The van der Waals surface area contributed by atoms with Crippen molar-refractivity contribution in [1.82, 2.24) is 5.01 Å². The number of phenolic OH excluding ortho intramolecular Hbond substituents is 1. The third kappa shape index (κ3) is 4.50. The second-order valence-corrected chi connectivity index (χ2v) is 8.61. The van der Waals surface area contributed by atoms with E-state index in [-0.39, 0.29) is 11.8 Å². The highest BCUT2D eigenvalue weighted by atomic mass is 32.1. The number of methoxy groups -OCH3 is 2. The lowest BCUT2D eigenvalue weighted by atomic mass is 9.94. The average molecular weight is 484 g/mol. The van der Waals surface area contributed by atoms with Crippen LogP contribution in [-0.2, 0) is 0 Å². The molecule has 0 aliphatic carbocycles. The van der Waals surface area contributed by atoms with Gasteiger partial charge in [-0.05, 0) is 65.0 Å². The topological polar surface area (TPSA) is 66.3 Å². The molecule has 1 aliphatic heterocycles. The van der Waals surface area contributed by atoms with E-state index >= 15 is 0 Å². The molecule has 1 atom stereocenters. The number of hydrogen-bond acceptors (Lipinski definition) is 5. The monoisotopic (exact) mass is 483 g/mol. The quantitative estimate of drug-likeness (QED) is 0.334. The van der Waals surface area contributed by atoms with Crippen LogP contribution in [0.3, 0.4) is 0 Å². The van der Waals surface area contributed by atoms with Gasteiger partial charge in [0.1, 0.15) is 17.2 Å². The summed E-state index contributed by atoms with van der Waals surface area (Å²) >= 11 is 5.83. The first kappa shape index (κ1) is 22.7. The molecule has 0 spiro atoms. The molecule has 4 aromatic carbocycles. The first-order chi connectivity index (χ1) is 17.1. The van der Waals surface area contributed by atoms with Crippen LogP contribution in [0.15, 0.2) is 90.0 Å². The minimum absolute atomic E-state index is 0.121. The molecular formula is C28H25N3O3S. The molecule has 1 aliphatic rings. The van der Waals surface area contributed by atoms with Crippen molar-refractivity contribution >= 4 is 39.5 Å². The molecule has 0 amide bonds. The van der Waals surface area contributed by atoms with Crippen LogP contribution in [0.2, 0.25) is 0 Å². The molecule has 0 saturated heterocycles. The highest BCUT2D eigenvalue weighted by Gasteiger charge is 2.33. The van der Waals surface area contributed by atoms with Crippen LogP contribution in [0, 0.1) is 0 Å². The van der Waals surface area contributed by atoms with Gasteiger partial charge in [-0.2, -0.15) is 5.10 Å². The third-order valence-corrected chi connectivity index (χ3v) is 6.45. The molecule has 6 nitrogen and oxygen atoms in total. The van der Waals surface area contributed by atoms with Crippen LogP contribution in [0.5, 0.6) is 17.2 Å². The summed E-state index contributed by atoms with van der Waals surface area (Å²) in [6.07, 6.45) is 0.582. The Morgan fingerprint density at radius 3 is 2.40 bits per heavy atom. The van der Waals surface area contributed by atoms with E-state index in [2.05, 4.69) is 35.6 Å². The first-order valence-electron chi connectivity index (χ1n) is 11.2. The van der Waals surface area contributed by atoms with Crippen molar-refractivity contribution in [2.45, 2.75) is 12.5 Å². The molecule has 5 rings (SSSR count). The van der Waals surface area contributed by atoms with Gasteiger partial charge in [0, 0.05) is 23.7 Å². The standard InChI is InChI=1S/C28H25N3O3S/c1-33-20-12-10-19(11-13-20)29-28(35)31-26(23-9-5-7-18-6-3-4-8-22(18)23)17-25(30-31)24-15-14-21(34-2)16-27(24)32/h3-16,26,32H,17H2,1-2H3,(H,29,35). The lowest BCUT2D eigenvalue weighted by Gasteiger charge is -2.26. The zero-order valence-corrected chi connectivity index (χ0v) is 20.3. The summed E-state index contributed by atoms with van der Waals surface area (Å²) in [6, 6.07) is 27.2. The summed E-state index contributed by atoms with van der Waals surface area (Å²) in [6.45, 7) is 0. The fourth-order valence-corrected chi connectivity index (χ4v) is 4.67. The summed E-state index contributed by atoms with van der Waals surface area (Å²) in [5, 5.41) is 23.5. The van der Waals surface area contributed by atoms with Crippen LogP contribution < -0.4 is 14.8 Å². The second-order valence-electron chi connectivity index (χ2n) is 8.22. The number of ether oxygens (including phenoxy) is 2. The molecule has 0 fully saturated rings. The van der Waals surface area contributed by atoms with E-state index in [1.807, 2.05) is 53.5 Å². The van der Waals surface area contributed by atoms with E-state index in [4.69, 9.17) is 26.8 Å². The van der Waals surface area contributed by atoms with E-state index in [1.54, 1.807) is 20.3 Å². The maximum absolute atomic E-state index is 10.7. The molecule has 7 heteroatoms. The van der Waals surface area contributed by atoms with Crippen molar-refractivity contribution in [3.63, 3.8) is 0 Å². The normalized spacial score (nSPS) is 15.1. The zero-order chi connectivity index (χ0) is 24.4. The summed E-state index contributed by atoms with van der Waals surface area (Å²) in [7, 11) is 3.21. The second kappa shape index (κ2) is 9.64. The van der Waals surface area contributed by atoms with Gasteiger partial charge in [-0.15, -0.1) is 0 Å². The van der Waals surface area contributed by atoms with Gasteiger partial charge in [0.15, 0.2) is 5.11 Å². The van der Waals surface area contributed by atoms with Crippen LogP contribution in [-0.4, -0.2) is 35.2 Å². The number of nitrogens with zero attached hydrogens (tertiary/aromatic N) is 2. The summed E-state index contributed by atoms with van der Waals surface area (Å²) in [5.41, 5.74) is 3.37. The number of hydrogen-bond donors (Lipinski definition) is 2. The number of phenols is 1. The molecule has 0 bridgehead atoms. The molecule has 0 aromatic heterocycles. The Bertz CT molecular complexity index is 1410. The van der Waals surface area contributed by atoms with Gasteiger partial charge in [-0.3, -0.25) is 0 Å². The van der Waals surface area contributed by atoms with Gasteiger partial charge in [-0.1, -0.05) is 42.5 Å². The number of rotatable bonds is 5. The summed E-state index contributed by atoms with van der Waals surface area (Å²) < 4.78 is 10.5. The molecule has 0 radical (unpaired) electrons. The Kier molecular flexibility index (Phi) is 6.25. The van der Waals surface area contributed by atoms with Crippen molar-refractivity contribution in [2.75, 3.05) is 19.5 Å².